The number of hydrogen-bond donors (Lipinski definition) is 24. The minimum atomic E-state index is -2.82. The van der Waals surface area contributed by atoms with E-state index in [0.717, 1.165) is 0 Å². The van der Waals surface area contributed by atoms with Crippen molar-refractivity contribution < 1.29 is 160 Å². The number of fused-ring (bicyclic) bond motifs is 3. The zero-order chi connectivity index (χ0) is 65.9. The van der Waals surface area contributed by atoms with Gasteiger partial charge in [-0.05, 0) is 78.6 Å². The van der Waals surface area contributed by atoms with Crippen molar-refractivity contribution in [1.82, 2.24) is 0 Å². The molecule has 5 rings (SSSR count). The maximum Gasteiger partial charge on any atom is 0.259 e. The summed E-state index contributed by atoms with van der Waals surface area (Å²) in [5, 5.41) is 253. The van der Waals surface area contributed by atoms with Crippen LogP contribution in [0.4, 0.5) is 0 Å². The van der Waals surface area contributed by atoms with Gasteiger partial charge in [0.05, 0.1) is 32.5 Å². The smallest absolute Gasteiger partial charge is 0.259 e. The van der Waals surface area contributed by atoms with Crippen molar-refractivity contribution in [3.63, 3.8) is 0 Å². The second-order valence-corrected chi connectivity index (χ2v) is 24.1. The van der Waals surface area contributed by atoms with Crippen LogP contribution in [0, 0.1) is 28.1 Å². The van der Waals surface area contributed by atoms with E-state index in [-0.39, 0.29) is 31.3 Å². The van der Waals surface area contributed by atoms with E-state index < -0.39 is 245 Å². The highest BCUT2D eigenvalue weighted by Gasteiger charge is 2.60. The maximum absolute atomic E-state index is 12.3. The average Bonchev–Trinajstić information content (AvgIpc) is 1.66. The van der Waals surface area contributed by atoms with Gasteiger partial charge in [-0.25, -0.2) is 0 Å². The van der Waals surface area contributed by atoms with Crippen molar-refractivity contribution >= 4 is 0 Å². The fraction of sp³-hybridized carbons (Fsp3) is 0.821. The van der Waals surface area contributed by atoms with Gasteiger partial charge in [-0.2, -0.15) is 0 Å². The van der Waals surface area contributed by atoms with Gasteiger partial charge in [-0.3, -0.25) is 0 Å². The third-order valence-electron chi connectivity index (χ3n) is 17.9. The molecule has 24 atom stereocenters. The molecule has 32 nitrogen and oxygen atoms in total. The molecule has 0 aromatic rings. The Labute approximate surface area is 506 Å². The van der Waals surface area contributed by atoms with Crippen LogP contribution in [0.25, 0.3) is 0 Å². The van der Waals surface area contributed by atoms with E-state index in [0.29, 0.717) is 44.1 Å². The highest BCUT2D eigenvalue weighted by molar-refractivity contribution is 5.19. The van der Waals surface area contributed by atoms with Gasteiger partial charge in [0.15, 0.2) is 40.3 Å². The van der Waals surface area contributed by atoms with Crippen molar-refractivity contribution in [2.24, 2.45) is 28.1 Å². The molecule has 20 unspecified atom stereocenters. The van der Waals surface area contributed by atoms with Crippen molar-refractivity contribution in [2.45, 2.75) is 215 Å². The first-order valence-electron chi connectivity index (χ1n) is 29.2. The molecule has 0 aromatic heterocycles. The van der Waals surface area contributed by atoms with Crippen LogP contribution in [-0.4, -0.2) is 286 Å². The van der Waals surface area contributed by atoms with Crippen LogP contribution in [0.15, 0.2) is 58.2 Å². The average molecular weight is 1280 g/mol. The molecule has 0 aromatic carbocycles. The lowest BCUT2D eigenvalue weighted by Crippen LogP contribution is -2.59. The number of ether oxygens (including phenoxy) is 8. The fourth-order valence-electron chi connectivity index (χ4n) is 13.1. The first kappa shape index (κ1) is 74.9. The Hall–Kier alpha value is -3.86. The van der Waals surface area contributed by atoms with Gasteiger partial charge in [0.25, 0.3) is 6.29 Å². The molecule has 510 valence electrons. The van der Waals surface area contributed by atoms with Crippen LogP contribution < -0.4 is 0 Å². The van der Waals surface area contributed by atoms with Gasteiger partial charge in [-0.15, -0.1) is 0 Å². The summed E-state index contributed by atoms with van der Waals surface area (Å²) in [7, 11) is 0. The summed E-state index contributed by atoms with van der Waals surface area (Å²) in [6, 6.07) is 0. The van der Waals surface area contributed by atoms with E-state index in [1.54, 1.807) is 0 Å². The van der Waals surface area contributed by atoms with Crippen molar-refractivity contribution in [2.75, 3.05) is 46.2 Å². The number of rotatable bonds is 31. The standard InChI is InChI=1S/C56H94O32/c1-24-20-54(2)15-8-33-55(3,23-82-50(79)46(36(68)27(64)11-18-59)87-52-43(75)39(71)37(69)30(21-60)84-52)13-5-14-56(33,4)32(54)7-6-29(24)83-51(80)47(88-53-44(76)40(72)38(70)31(22-61)85-53)45(86-49(78)42(74)35(67)26(63)10-17-58)28(65)12-19-81-48(77)41(73)34(66)25(62)9-16-57/h25-33,37-40,43-44,48-53,57-80H,1,5-23H2,2-4H3/b41-34+,42-35-,46-36-,47-45-/t25?,26?,27?,28?,29?,30?,31?,32-,33?,37?,38?,39?,40?,43?,44?,48?,49?,50?,51?,52?,53?,54-,55+,56+/m1/s1. The van der Waals surface area contributed by atoms with Crippen molar-refractivity contribution in [1.29, 1.82) is 0 Å². The number of hydrogen-bond acceptors (Lipinski definition) is 32. The first-order valence-corrected chi connectivity index (χ1v) is 29.2. The Morgan fingerprint density at radius 2 is 1.01 bits per heavy atom. The molecule has 0 spiro atoms. The zero-order valence-electron chi connectivity index (χ0n) is 49.3. The molecule has 0 bridgehead atoms. The third kappa shape index (κ3) is 17.2. The highest BCUT2D eigenvalue weighted by atomic mass is 16.7. The van der Waals surface area contributed by atoms with E-state index in [4.69, 9.17) is 43.0 Å². The van der Waals surface area contributed by atoms with Gasteiger partial charge >= 0.3 is 0 Å². The fourth-order valence-corrected chi connectivity index (χ4v) is 13.1. The Morgan fingerprint density at radius 3 is 1.52 bits per heavy atom. The third-order valence-corrected chi connectivity index (χ3v) is 17.9. The molecule has 2 heterocycles. The molecular weight excluding hydrogens is 1180 g/mol. The Morgan fingerprint density at radius 1 is 0.511 bits per heavy atom. The second-order valence-electron chi connectivity index (χ2n) is 24.1. The van der Waals surface area contributed by atoms with Crippen LogP contribution in [0.5, 0.6) is 0 Å². The lowest BCUT2D eigenvalue weighted by Gasteiger charge is -2.63. The first-order chi connectivity index (χ1) is 41.3. The molecule has 3 saturated carbocycles. The number of aliphatic hydroxyl groups is 24. The number of aliphatic hydroxyl groups excluding tert-OH is 24. The second kappa shape index (κ2) is 32.6. The lowest BCUT2D eigenvalue weighted by molar-refractivity contribution is -0.300. The normalized spacial score (nSPS) is 36.9. The topological polar surface area (TPSA) is 559 Å². The molecule has 5 aliphatic rings. The predicted molar refractivity (Wildman–Crippen MR) is 294 cm³/mol. The molecule has 24 N–H and O–H groups in total. The Balaban J connectivity index is 1.49. The zero-order valence-corrected chi connectivity index (χ0v) is 49.3. The summed E-state index contributed by atoms with van der Waals surface area (Å²) in [6.45, 7) is 5.60. The predicted octanol–water partition coefficient (Wildman–Crippen LogP) is -4.09. The highest BCUT2D eigenvalue weighted by Crippen LogP contribution is 2.67. The monoisotopic (exact) mass is 1280 g/mol. The summed E-state index contributed by atoms with van der Waals surface area (Å²) >= 11 is 0. The van der Waals surface area contributed by atoms with Crippen LogP contribution in [0.2, 0.25) is 0 Å². The largest absolute Gasteiger partial charge is 0.506 e. The van der Waals surface area contributed by atoms with Crippen LogP contribution in [-0.2, 0) is 37.9 Å². The summed E-state index contributed by atoms with van der Waals surface area (Å²) in [4.78, 5) is 0. The van der Waals surface area contributed by atoms with E-state index in [9.17, 15) is 117 Å². The van der Waals surface area contributed by atoms with Crippen LogP contribution >= 0.6 is 0 Å². The minimum absolute atomic E-state index is 0.0979. The SMILES string of the molecule is C=C1C[C@@]2(C)CCC3[C@](C)(COC(O)/C(OC4OC(CO)C(O)C(O)C4O)=C(/O)C(O)CCO)CCC[C@@]3(C)[C@@H]2CCC1OC(O)/C(OC1OC(CO)C(O)C(O)C1O)=C(/OC(O)/C(O)=C(/O)C(O)CCO)C(O)CCOC(O)/C(O)=C(\O)C(O)CCO. The van der Waals surface area contributed by atoms with E-state index in [2.05, 4.69) is 20.4 Å². The van der Waals surface area contributed by atoms with Gasteiger partial charge in [0, 0.05) is 45.5 Å². The quantitative estimate of drug-likeness (QED) is 0.0178. The van der Waals surface area contributed by atoms with E-state index >= 15 is 0 Å². The molecule has 0 radical (unpaired) electrons. The molecule has 5 fully saturated rings. The summed E-state index contributed by atoms with van der Waals surface area (Å²) in [6.07, 6.45) is -36.9. The Bertz CT molecular complexity index is 2350. The van der Waals surface area contributed by atoms with Gasteiger partial charge in [0.2, 0.25) is 37.2 Å². The summed E-state index contributed by atoms with van der Waals surface area (Å²) in [5.74, 6) is -9.83. The van der Waals surface area contributed by atoms with Crippen molar-refractivity contribution in [3.05, 3.63) is 58.2 Å². The molecule has 32 heteroatoms. The van der Waals surface area contributed by atoms with Crippen LogP contribution in [0.1, 0.15) is 97.8 Å². The van der Waals surface area contributed by atoms with Gasteiger partial charge < -0.3 is 160 Å². The van der Waals surface area contributed by atoms with Gasteiger partial charge in [-0.1, -0.05) is 33.8 Å². The molecule has 2 aliphatic heterocycles. The van der Waals surface area contributed by atoms with E-state index in [1.807, 2.05) is 6.92 Å². The van der Waals surface area contributed by atoms with E-state index in [1.165, 1.54) is 0 Å². The Kier molecular flexibility index (Phi) is 27.7. The molecule has 0 amide bonds. The minimum Gasteiger partial charge on any atom is -0.506 e. The molecule has 3 aliphatic carbocycles. The lowest BCUT2D eigenvalue weighted by atomic mass is 9.42. The summed E-state index contributed by atoms with van der Waals surface area (Å²) < 4.78 is 45.5. The summed E-state index contributed by atoms with van der Waals surface area (Å²) in [5.41, 5.74) is -1.36. The van der Waals surface area contributed by atoms with Gasteiger partial charge in [0.1, 0.15) is 73.2 Å². The van der Waals surface area contributed by atoms with Crippen molar-refractivity contribution in [3.8, 4) is 0 Å². The molecule has 2 saturated heterocycles. The molecular formula is C56H94O32. The van der Waals surface area contributed by atoms with Crippen LogP contribution in [0.3, 0.4) is 0 Å². The maximum atomic E-state index is 12.3. The molecule has 88 heavy (non-hydrogen) atoms.